The Morgan fingerprint density at radius 1 is 1.00 bits per heavy atom. The molecule has 174 valence electrons. The molecular weight excluding hydrogens is 457 g/mol. The molecule has 0 spiro atoms. The van der Waals surface area contributed by atoms with Crippen molar-refractivity contribution >= 4 is 45.8 Å². The van der Waals surface area contributed by atoms with Crippen LogP contribution < -0.4 is 4.90 Å². The summed E-state index contributed by atoms with van der Waals surface area (Å²) < 4.78 is 0. The van der Waals surface area contributed by atoms with Gasteiger partial charge in [0.15, 0.2) is 0 Å². The number of aryl methyl sites for hydroxylation is 1. The van der Waals surface area contributed by atoms with E-state index in [1.165, 1.54) is 5.56 Å². The number of hydrogen-bond donors (Lipinski definition) is 1. The Morgan fingerprint density at radius 2 is 1.76 bits per heavy atom. The zero-order valence-corrected chi connectivity index (χ0v) is 20.4. The molecule has 0 aliphatic carbocycles. The predicted molar refractivity (Wildman–Crippen MR) is 134 cm³/mol. The van der Waals surface area contributed by atoms with Gasteiger partial charge in [0.2, 0.25) is 5.91 Å². The van der Waals surface area contributed by atoms with Crippen molar-refractivity contribution in [1.29, 1.82) is 0 Å². The number of amides is 1. The molecule has 2 aliphatic heterocycles. The molecule has 6 nitrogen and oxygen atoms in total. The van der Waals surface area contributed by atoms with Crippen LogP contribution in [0.2, 0.25) is 10.0 Å². The Morgan fingerprint density at radius 3 is 2.48 bits per heavy atom. The van der Waals surface area contributed by atoms with E-state index in [1.54, 1.807) is 0 Å². The van der Waals surface area contributed by atoms with E-state index >= 15 is 0 Å². The molecular formula is C25H29Cl2N5O. The number of imidazole rings is 1. The summed E-state index contributed by atoms with van der Waals surface area (Å²) in [5, 5.41) is 1.13. The molecule has 0 saturated carbocycles. The lowest BCUT2D eigenvalue weighted by Crippen LogP contribution is -2.51. The smallest absolute Gasteiger partial charge is 0.225 e. The van der Waals surface area contributed by atoms with Crippen LogP contribution >= 0.6 is 23.2 Å². The summed E-state index contributed by atoms with van der Waals surface area (Å²) in [5.41, 5.74) is 4.40. The second-order valence-corrected chi connectivity index (χ2v) is 9.98. The molecule has 5 rings (SSSR count). The fraction of sp³-hybridized carbons (Fsp3) is 0.440. The SMILES string of the molecule is Cc1ccc2nc(CN3CCC(C(=O)N4CCN(c5ccc(Cl)c(Cl)c5)CC4)CC3)[nH]c2c1. The number of anilines is 1. The van der Waals surface area contributed by atoms with E-state index in [-0.39, 0.29) is 5.92 Å². The Hall–Kier alpha value is -2.28. The van der Waals surface area contributed by atoms with Crippen LogP contribution in [0.4, 0.5) is 5.69 Å². The van der Waals surface area contributed by atoms with E-state index in [9.17, 15) is 4.79 Å². The van der Waals surface area contributed by atoms with Gasteiger partial charge in [-0.1, -0.05) is 29.3 Å². The number of piperazine rings is 1. The van der Waals surface area contributed by atoms with Crippen LogP contribution in [0.15, 0.2) is 36.4 Å². The number of aromatic nitrogens is 2. The average molecular weight is 486 g/mol. The van der Waals surface area contributed by atoms with Gasteiger partial charge >= 0.3 is 0 Å². The molecule has 0 bridgehead atoms. The molecule has 3 heterocycles. The quantitative estimate of drug-likeness (QED) is 0.579. The topological polar surface area (TPSA) is 55.5 Å². The minimum Gasteiger partial charge on any atom is -0.368 e. The number of halogens is 2. The fourth-order valence-electron chi connectivity index (χ4n) is 4.93. The van der Waals surface area contributed by atoms with Crippen LogP contribution in [-0.4, -0.2) is 64.9 Å². The second-order valence-electron chi connectivity index (χ2n) is 9.17. The van der Waals surface area contributed by atoms with Gasteiger partial charge in [-0.05, 0) is 68.8 Å². The van der Waals surface area contributed by atoms with E-state index in [0.717, 1.165) is 81.2 Å². The maximum absolute atomic E-state index is 13.1. The number of rotatable bonds is 4. The van der Waals surface area contributed by atoms with Crippen LogP contribution in [0.25, 0.3) is 11.0 Å². The minimum atomic E-state index is 0.121. The first-order chi connectivity index (χ1) is 16.0. The first-order valence-electron chi connectivity index (χ1n) is 11.6. The van der Waals surface area contributed by atoms with Gasteiger partial charge in [0.1, 0.15) is 5.82 Å². The third kappa shape index (κ3) is 4.98. The number of hydrogen-bond acceptors (Lipinski definition) is 4. The monoisotopic (exact) mass is 485 g/mol. The molecule has 1 aromatic heterocycles. The molecule has 2 saturated heterocycles. The normalized spacial score (nSPS) is 18.3. The number of carbonyl (C=O) groups excluding carboxylic acids is 1. The molecule has 2 aliphatic rings. The van der Waals surface area contributed by atoms with Crippen LogP contribution in [0.1, 0.15) is 24.2 Å². The molecule has 33 heavy (non-hydrogen) atoms. The van der Waals surface area contributed by atoms with Crippen LogP contribution in [0.3, 0.4) is 0 Å². The Bertz CT molecular complexity index is 1150. The molecule has 1 N–H and O–H groups in total. The van der Waals surface area contributed by atoms with Crippen molar-refractivity contribution in [1.82, 2.24) is 19.8 Å². The lowest BCUT2D eigenvalue weighted by atomic mass is 9.95. The fourth-order valence-corrected chi connectivity index (χ4v) is 5.22. The minimum absolute atomic E-state index is 0.121. The maximum atomic E-state index is 13.1. The maximum Gasteiger partial charge on any atom is 0.225 e. The molecule has 0 radical (unpaired) electrons. The highest BCUT2D eigenvalue weighted by molar-refractivity contribution is 6.42. The number of carbonyl (C=O) groups is 1. The Labute approximate surface area is 204 Å². The van der Waals surface area contributed by atoms with Crippen LogP contribution in [-0.2, 0) is 11.3 Å². The molecule has 8 heteroatoms. The van der Waals surface area contributed by atoms with Gasteiger partial charge in [-0.25, -0.2) is 4.98 Å². The number of benzene rings is 2. The summed E-state index contributed by atoms with van der Waals surface area (Å²) in [6.07, 6.45) is 1.82. The number of aromatic amines is 1. The predicted octanol–water partition coefficient (Wildman–Crippen LogP) is 4.74. The van der Waals surface area contributed by atoms with Crippen molar-refractivity contribution in [3.8, 4) is 0 Å². The van der Waals surface area contributed by atoms with Gasteiger partial charge in [0.25, 0.3) is 0 Å². The van der Waals surface area contributed by atoms with Gasteiger partial charge in [0.05, 0.1) is 27.6 Å². The van der Waals surface area contributed by atoms with Crippen LogP contribution in [0, 0.1) is 12.8 Å². The third-order valence-corrected chi connectivity index (χ3v) is 7.60. The Balaban J connectivity index is 1.11. The summed E-state index contributed by atoms with van der Waals surface area (Å²) in [5.74, 6) is 1.43. The number of fused-ring (bicyclic) bond motifs is 1. The molecule has 2 aromatic carbocycles. The van der Waals surface area contributed by atoms with E-state index in [0.29, 0.717) is 16.0 Å². The summed E-state index contributed by atoms with van der Waals surface area (Å²) in [7, 11) is 0. The van der Waals surface area contributed by atoms with E-state index < -0.39 is 0 Å². The van der Waals surface area contributed by atoms with Crippen LogP contribution in [0.5, 0.6) is 0 Å². The zero-order chi connectivity index (χ0) is 22.9. The van der Waals surface area contributed by atoms with Crippen molar-refractivity contribution < 1.29 is 4.79 Å². The average Bonchev–Trinajstić information content (AvgIpc) is 3.22. The summed E-state index contributed by atoms with van der Waals surface area (Å²) in [6, 6.07) is 12.0. The highest BCUT2D eigenvalue weighted by Gasteiger charge is 2.30. The van der Waals surface area contributed by atoms with Crippen molar-refractivity contribution in [3.63, 3.8) is 0 Å². The van der Waals surface area contributed by atoms with E-state index in [4.69, 9.17) is 28.2 Å². The van der Waals surface area contributed by atoms with Crippen molar-refractivity contribution in [3.05, 3.63) is 57.8 Å². The molecule has 3 aromatic rings. The molecule has 1 amide bonds. The standard InChI is InChI=1S/C25H29Cl2N5O/c1-17-2-5-22-23(14-17)29-24(28-22)16-30-8-6-18(7-9-30)25(33)32-12-10-31(11-13-32)19-3-4-20(26)21(27)15-19/h2-5,14-15,18H,6-13,16H2,1H3,(H,28,29). The van der Waals surface area contributed by atoms with Gasteiger partial charge in [-0.3, -0.25) is 9.69 Å². The number of H-pyrrole nitrogens is 1. The van der Waals surface area contributed by atoms with Crippen molar-refractivity contribution in [2.45, 2.75) is 26.3 Å². The highest BCUT2D eigenvalue weighted by atomic mass is 35.5. The van der Waals surface area contributed by atoms with Gasteiger partial charge in [-0.15, -0.1) is 0 Å². The lowest BCUT2D eigenvalue weighted by Gasteiger charge is -2.39. The molecule has 2 fully saturated rings. The van der Waals surface area contributed by atoms with E-state index in [2.05, 4.69) is 39.9 Å². The van der Waals surface area contributed by atoms with E-state index in [1.807, 2.05) is 23.1 Å². The first-order valence-corrected chi connectivity index (χ1v) is 12.4. The summed E-state index contributed by atoms with van der Waals surface area (Å²) in [4.78, 5) is 28.0. The number of likely N-dealkylation sites (tertiary alicyclic amines) is 1. The highest BCUT2D eigenvalue weighted by Crippen LogP contribution is 2.28. The van der Waals surface area contributed by atoms with Crippen molar-refractivity contribution in [2.75, 3.05) is 44.2 Å². The molecule has 0 unspecified atom stereocenters. The van der Waals surface area contributed by atoms with Crippen molar-refractivity contribution in [2.24, 2.45) is 5.92 Å². The summed E-state index contributed by atoms with van der Waals surface area (Å²) >= 11 is 12.2. The van der Waals surface area contributed by atoms with Gasteiger partial charge in [0, 0.05) is 37.8 Å². The number of nitrogens with zero attached hydrogens (tertiary/aromatic N) is 4. The second kappa shape index (κ2) is 9.53. The lowest BCUT2D eigenvalue weighted by molar-refractivity contribution is -0.137. The van der Waals surface area contributed by atoms with Gasteiger partial charge in [-0.2, -0.15) is 0 Å². The number of nitrogens with one attached hydrogen (secondary N) is 1. The van der Waals surface area contributed by atoms with Gasteiger partial charge < -0.3 is 14.8 Å². The first kappa shape index (κ1) is 22.5. The third-order valence-electron chi connectivity index (χ3n) is 6.86. The number of piperidine rings is 1. The molecule has 0 atom stereocenters. The Kier molecular flexibility index (Phi) is 6.50. The zero-order valence-electron chi connectivity index (χ0n) is 18.9. The summed E-state index contributed by atoms with van der Waals surface area (Å²) in [6.45, 7) is 7.87. The largest absolute Gasteiger partial charge is 0.368 e.